The molecule has 3 aliphatic carbocycles. The molecule has 0 saturated heterocycles. The second-order valence-electron chi connectivity index (χ2n) is 6.77. The molecular formula is C18H22O6. The maximum Gasteiger partial charge on any atom is 0.323 e. The number of Topliss-reactive ketones (excluding diaryl/α,β-unsaturated/α-hetero) is 2. The van der Waals surface area contributed by atoms with Crippen molar-refractivity contribution < 1.29 is 28.7 Å². The minimum atomic E-state index is -1.39. The number of rotatable bonds is 4. The molecule has 6 heteroatoms. The zero-order valence-corrected chi connectivity index (χ0v) is 14.0. The van der Waals surface area contributed by atoms with Crippen LogP contribution in [-0.4, -0.2) is 36.7 Å². The Kier molecular flexibility index (Phi) is 4.32. The lowest BCUT2D eigenvalue weighted by molar-refractivity contribution is -0.172. The van der Waals surface area contributed by atoms with Gasteiger partial charge in [-0.3, -0.25) is 19.2 Å². The predicted octanol–water partition coefficient (Wildman–Crippen LogP) is 1.61. The molecule has 0 aliphatic heterocycles. The van der Waals surface area contributed by atoms with Gasteiger partial charge in [-0.25, -0.2) is 0 Å². The third-order valence-corrected chi connectivity index (χ3v) is 5.52. The molecule has 0 heterocycles. The fourth-order valence-corrected chi connectivity index (χ4v) is 4.48. The van der Waals surface area contributed by atoms with Crippen molar-refractivity contribution in [3.63, 3.8) is 0 Å². The quantitative estimate of drug-likeness (QED) is 0.441. The highest BCUT2D eigenvalue weighted by Crippen LogP contribution is 2.55. The Hall–Kier alpha value is -1.98. The fraction of sp³-hybridized carbons (Fsp3) is 0.667. The van der Waals surface area contributed by atoms with Gasteiger partial charge >= 0.3 is 11.9 Å². The van der Waals surface area contributed by atoms with Crippen LogP contribution in [0.3, 0.4) is 0 Å². The first-order valence-electron chi connectivity index (χ1n) is 8.53. The van der Waals surface area contributed by atoms with Gasteiger partial charge in [0.15, 0.2) is 5.41 Å². The van der Waals surface area contributed by atoms with Crippen LogP contribution in [0.15, 0.2) is 11.6 Å². The van der Waals surface area contributed by atoms with Crippen molar-refractivity contribution in [2.45, 2.75) is 39.5 Å². The number of hydrogen-bond acceptors (Lipinski definition) is 6. The van der Waals surface area contributed by atoms with Crippen molar-refractivity contribution >= 4 is 23.5 Å². The summed E-state index contributed by atoms with van der Waals surface area (Å²) in [5.41, 5.74) is -0.469. The molecule has 0 bridgehead atoms. The van der Waals surface area contributed by atoms with Crippen molar-refractivity contribution in [2.75, 3.05) is 13.2 Å². The molecule has 3 aliphatic rings. The molecule has 0 radical (unpaired) electrons. The molecule has 2 fully saturated rings. The highest BCUT2D eigenvalue weighted by Gasteiger charge is 2.61. The maximum absolute atomic E-state index is 12.6. The van der Waals surface area contributed by atoms with Crippen molar-refractivity contribution in [2.24, 2.45) is 23.2 Å². The van der Waals surface area contributed by atoms with E-state index in [0.29, 0.717) is 6.42 Å². The fourth-order valence-electron chi connectivity index (χ4n) is 4.48. The minimum absolute atomic E-state index is 0.0231. The molecule has 0 N–H and O–H groups in total. The highest BCUT2D eigenvalue weighted by molar-refractivity contribution is 6.09. The van der Waals surface area contributed by atoms with Crippen molar-refractivity contribution in [3.05, 3.63) is 11.6 Å². The van der Waals surface area contributed by atoms with Crippen LogP contribution in [-0.2, 0) is 28.7 Å². The third-order valence-electron chi connectivity index (χ3n) is 5.52. The molecule has 130 valence electrons. The van der Waals surface area contributed by atoms with Gasteiger partial charge in [-0.2, -0.15) is 0 Å². The molecule has 0 aromatic heterocycles. The van der Waals surface area contributed by atoms with Gasteiger partial charge in [-0.05, 0) is 39.0 Å². The number of ketones is 2. The average molecular weight is 334 g/mol. The van der Waals surface area contributed by atoms with E-state index in [2.05, 4.69) is 0 Å². The largest absolute Gasteiger partial charge is 0.465 e. The molecule has 0 aromatic rings. The summed E-state index contributed by atoms with van der Waals surface area (Å²) in [6, 6.07) is 0. The molecular weight excluding hydrogens is 312 g/mol. The molecule has 3 unspecified atom stereocenters. The van der Waals surface area contributed by atoms with E-state index in [1.165, 1.54) is 0 Å². The molecule has 3 atom stereocenters. The van der Waals surface area contributed by atoms with Gasteiger partial charge in [-0.15, -0.1) is 0 Å². The summed E-state index contributed by atoms with van der Waals surface area (Å²) in [6.07, 6.45) is 2.83. The van der Waals surface area contributed by atoms with Crippen LogP contribution >= 0.6 is 0 Å². The van der Waals surface area contributed by atoms with E-state index in [0.717, 1.165) is 5.57 Å². The smallest absolute Gasteiger partial charge is 0.323 e. The molecule has 24 heavy (non-hydrogen) atoms. The average Bonchev–Trinajstić information content (AvgIpc) is 3.07. The van der Waals surface area contributed by atoms with Gasteiger partial charge in [-0.1, -0.05) is 11.6 Å². The molecule has 0 spiro atoms. The van der Waals surface area contributed by atoms with Crippen LogP contribution in [0.5, 0.6) is 0 Å². The number of allylic oxidation sites excluding steroid dienone is 2. The highest BCUT2D eigenvalue weighted by atomic mass is 16.6. The van der Waals surface area contributed by atoms with Gasteiger partial charge in [0, 0.05) is 11.8 Å². The van der Waals surface area contributed by atoms with Crippen molar-refractivity contribution in [1.29, 1.82) is 0 Å². The molecule has 0 amide bonds. The van der Waals surface area contributed by atoms with E-state index in [1.54, 1.807) is 13.8 Å². The number of carbonyl (C=O) groups is 4. The van der Waals surface area contributed by atoms with E-state index in [1.807, 2.05) is 6.08 Å². The topological polar surface area (TPSA) is 86.7 Å². The molecule has 6 nitrogen and oxygen atoms in total. The Morgan fingerprint density at radius 2 is 1.71 bits per heavy atom. The van der Waals surface area contributed by atoms with Crippen LogP contribution in [0.1, 0.15) is 39.5 Å². The summed E-state index contributed by atoms with van der Waals surface area (Å²) in [5.74, 6) is -2.21. The van der Waals surface area contributed by atoms with E-state index in [9.17, 15) is 19.2 Å². The third kappa shape index (κ3) is 2.39. The summed E-state index contributed by atoms with van der Waals surface area (Å²) < 4.78 is 10.3. The van der Waals surface area contributed by atoms with Crippen LogP contribution in [0.25, 0.3) is 0 Å². The van der Waals surface area contributed by atoms with Crippen LogP contribution in [0.4, 0.5) is 0 Å². The first-order chi connectivity index (χ1) is 11.4. The predicted molar refractivity (Wildman–Crippen MR) is 82.7 cm³/mol. The van der Waals surface area contributed by atoms with Gasteiger partial charge in [0.05, 0.1) is 19.6 Å². The zero-order chi connectivity index (χ0) is 17.5. The van der Waals surface area contributed by atoms with Crippen molar-refractivity contribution in [3.8, 4) is 0 Å². The van der Waals surface area contributed by atoms with Gasteiger partial charge in [0.25, 0.3) is 0 Å². The Labute approximate surface area is 140 Å². The second-order valence-corrected chi connectivity index (χ2v) is 6.77. The first kappa shape index (κ1) is 16.9. The Morgan fingerprint density at radius 1 is 1.08 bits per heavy atom. The Bertz CT molecular complexity index is 613. The summed E-state index contributed by atoms with van der Waals surface area (Å²) in [4.78, 5) is 49.4. The molecule has 3 rings (SSSR count). The number of hydrogen-bond donors (Lipinski definition) is 0. The van der Waals surface area contributed by atoms with E-state index in [-0.39, 0.29) is 55.9 Å². The second kappa shape index (κ2) is 6.15. The van der Waals surface area contributed by atoms with Gasteiger partial charge in [0.1, 0.15) is 11.6 Å². The van der Waals surface area contributed by atoms with Crippen LogP contribution in [0.2, 0.25) is 0 Å². The number of esters is 2. The lowest BCUT2D eigenvalue weighted by Crippen LogP contribution is -2.40. The van der Waals surface area contributed by atoms with E-state index < -0.39 is 23.3 Å². The van der Waals surface area contributed by atoms with E-state index >= 15 is 0 Å². The SMILES string of the molecule is CCOC(=O)C1(C(=O)OCC)CC2=CCC3C(=O)CC(=O)C3C2C1. The van der Waals surface area contributed by atoms with Crippen LogP contribution < -0.4 is 0 Å². The summed E-state index contributed by atoms with van der Waals surface area (Å²) in [7, 11) is 0. The number of fused-ring (bicyclic) bond motifs is 3. The monoisotopic (exact) mass is 334 g/mol. The number of carbonyl (C=O) groups excluding carboxylic acids is 4. The maximum atomic E-state index is 12.6. The lowest BCUT2D eigenvalue weighted by atomic mass is 9.73. The summed E-state index contributed by atoms with van der Waals surface area (Å²) >= 11 is 0. The Balaban J connectivity index is 1.95. The number of ether oxygens (including phenoxy) is 2. The summed E-state index contributed by atoms with van der Waals surface area (Å²) in [5, 5.41) is 0. The first-order valence-corrected chi connectivity index (χ1v) is 8.53. The lowest BCUT2D eigenvalue weighted by Gasteiger charge is -2.29. The van der Waals surface area contributed by atoms with E-state index in [4.69, 9.17) is 9.47 Å². The summed E-state index contributed by atoms with van der Waals surface area (Å²) in [6.45, 7) is 3.72. The van der Waals surface area contributed by atoms with Crippen LogP contribution in [0, 0.1) is 23.2 Å². The molecule has 0 aromatic carbocycles. The van der Waals surface area contributed by atoms with Crippen molar-refractivity contribution in [1.82, 2.24) is 0 Å². The standard InChI is InChI=1S/C18H22O6/c1-3-23-16(21)18(17(22)24-4-2)8-10-5-6-11-13(19)7-14(20)15(11)12(10)9-18/h5,11-12,15H,3-4,6-9H2,1-2H3. The zero-order valence-electron chi connectivity index (χ0n) is 14.0. The molecule has 2 saturated carbocycles. The van der Waals surface area contributed by atoms with Gasteiger partial charge in [0.2, 0.25) is 0 Å². The minimum Gasteiger partial charge on any atom is -0.465 e. The normalized spacial score (nSPS) is 30.4. The Morgan fingerprint density at radius 3 is 2.29 bits per heavy atom. The van der Waals surface area contributed by atoms with Gasteiger partial charge < -0.3 is 9.47 Å².